The first-order valence-corrected chi connectivity index (χ1v) is 7.41. The quantitative estimate of drug-likeness (QED) is 0.727. The van der Waals surface area contributed by atoms with Gasteiger partial charge in [-0.2, -0.15) is 0 Å². The normalized spacial score (nSPS) is 12.2. The monoisotopic (exact) mass is 293 g/mol. The Morgan fingerprint density at radius 2 is 1.55 bits per heavy atom. The van der Waals surface area contributed by atoms with Crippen molar-refractivity contribution >= 4 is 0 Å². The van der Waals surface area contributed by atoms with E-state index in [-0.39, 0.29) is 0 Å². The number of benzene rings is 2. The second-order valence-corrected chi connectivity index (χ2v) is 5.19. The number of rotatable bonds is 6. The van der Waals surface area contributed by atoms with Crippen molar-refractivity contribution in [1.29, 1.82) is 0 Å². The van der Waals surface area contributed by atoms with Gasteiger partial charge < -0.3 is 14.8 Å². The van der Waals surface area contributed by atoms with Crippen molar-refractivity contribution < 1.29 is 9.52 Å². The van der Waals surface area contributed by atoms with E-state index in [1.807, 2.05) is 72.8 Å². The molecule has 3 rings (SSSR count). The first-order valence-electron chi connectivity index (χ1n) is 7.41. The second kappa shape index (κ2) is 7.07. The fourth-order valence-corrected chi connectivity index (χ4v) is 2.36. The second-order valence-electron chi connectivity index (χ2n) is 5.19. The number of hydrogen-bond donors (Lipinski definition) is 2. The highest BCUT2D eigenvalue weighted by Crippen LogP contribution is 2.21. The molecule has 0 bridgehead atoms. The molecule has 3 heteroatoms. The Kier molecular flexibility index (Phi) is 4.68. The molecule has 0 fully saturated rings. The minimum atomic E-state index is -0.509. The van der Waals surface area contributed by atoms with Gasteiger partial charge in [-0.25, -0.2) is 0 Å². The zero-order valence-electron chi connectivity index (χ0n) is 12.3. The van der Waals surface area contributed by atoms with Crippen molar-refractivity contribution in [3.8, 4) is 11.3 Å². The summed E-state index contributed by atoms with van der Waals surface area (Å²) < 4.78 is 5.81. The molecule has 0 unspecified atom stereocenters. The SMILES string of the molecule is O[C@@H](CNCc1ccc(-c2ccccc2)o1)c1ccccc1. The number of aliphatic hydroxyl groups excluding tert-OH is 1. The molecule has 3 aromatic rings. The largest absolute Gasteiger partial charge is 0.460 e. The Labute approximate surface area is 130 Å². The molecule has 0 spiro atoms. The summed E-state index contributed by atoms with van der Waals surface area (Å²) in [5, 5.41) is 13.3. The van der Waals surface area contributed by atoms with Crippen LogP contribution in [0.25, 0.3) is 11.3 Å². The van der Waals surface area contributed by atoms with E-state index < -0.39 is 6.10 Å². The van der Waals surface area contributed by atoms with Gasteiger partial charge in [-0.1, -0.05) is 60.7 Å². The Morgan fingerprint density at radius 3 is 2.27 bits per heavy atom. The van der Waals surface area contributed by atoms with Gasteiger partial charge in [-0.3, -0.25) is 0 Å². The molecular formula is C19H19NO2. The number of aliphatic hydroxyl groups is 1. The lowest BCUT2D eigenvalue weighted by Gasteiger charge is -2.11. The third-order valence-corrected chi connectivity index (χ3v) is 3.54. The van der Waals surface area contributed by atoms with Crippen molar-refractivity contribution in [1.82, 2.24) is 5.32 Å². The molecule has 112 valence electrons. The highest BCUT2D eigenvalue weighted by Gasteiger charge is 2.08. The van der Waals surface area contributed by atoms with Gasteiger partial charge in [0.2, 0.25) is 0 Å². The molecule has 0 radical (unpaired) electrons. The molecule has 2 N–H and O–H groups in total. The third kappa shape index (κ3) is 3.64. The van der Waals surface area contributed by atoms with Gasteiger partial charge in [-0.15, -0.1) is 0 Å². The summed E-state index contributed by atoms with van der Waals surface area (Å²) in [6, 6.07) is 23.6. The lowest BCUT2D eigenvalue weighted by atomic mass is 10.1. The van der Waals surface area contributed by atoms with Crippen LogP contribution in [-0.2, 0) is 6.54 Å². The molecular weight excluding hydrogens is 274 g/mol. The predicted molar refractivity (Wildman–Crippen MR) is 87.3 cm³/mol. The van der Waals surface area contributed by atoms with E-state index in [0.717, 1.165) is 22.6 Å². The number of furan rings is 1. The van der Waals surface area contributed by atoms with Crippen molar-refractivity contribution in [3.63, 3.8) is 0 Å². The Balaban J connectivity index is 1.53. The zero-order chi connectivity index (χ0) is 15.2. The molecule has 3 nitrogen and oxygen atoms in total. The molecule has 0 saturated carbocycles. The van der Waals surface area contributed by atoms with Gasteiger partial charge in [0.15, 0.2) is 0 Å². The van der Waals surface area contributed by atoms with E-state index in [1.54, 1.807) is 0 Å². The van der Waals surface area contributed by atoms with Crippen LogP contribution in [0.1, 0.15) is 17.4 Å². The Bertz CT molecular complexity index is 692. The smallest absolute Gasteiger partial charge is 0.134 e. The summed E-state index contributed by atoms with van der Waals surface area (Å²) in [6.07, 6.45) is -0.509. The van der Waals surface area contributed by atoms with Crippen LogP contribution in [0.15, 0.2) is 77.2 Å². The number of hydrogen-bond acceptors (Lipinski definition) is 3. The molecule has 0 amide bonds. The van der Waals surface area contributed by atoms with Gasteiger partial charge in [0.25, 0.3) is 0 Å². The summed E-state index contributed by atoms with van der Waals surface area (Å²) >= 11 is 0. The van der Waals surface area contributed by atoms with Crippen molar-refractivity contribution in [3.05, 3.63) is 84.1 Å². The van der Waals surface area contributed by atoms with Crippen LogP contribution in [0.4, 0.5) is 0 Å². The Hall–Kier alpha value is -2.36. The van der Waals surface area contributed by atoms with Gasteiger partial charge in [0, 0.05) is 12.1 Å². The van der Waals surface area contributed by atoms with E-state index in [1.165, 1.54) is 0 Å². The molecule has 0 aliphatic heterocycles. The van der Waals surface area contributed by atoms with Crippen LogP contribution >= 0.6 is 0 Å². The van der Waals surface area contributed by atoms with E-state index in [9.17, 15) is 5.11 Å². The lowest BCUT2D eigenvalue weighted by molar-refractivity contribution is 0.173. The Morgan fingerprint density at radius 1 is 0.864 bits per heavy atom. The average molecular weight is 293 g/mol. The first-order chi connectivity index (χ1) is 10.8. The molecule has 2 aromatic carbocycles. The van der Waals surface area contributed by atoms with Gasteiger partial charge in [-0.05, 0) is 17.7 Å². The van der Waals surface area contributed by atoms with E-state index in [4.69, 9.17) is 4.42 Å². The van der Waals surface area contributed by atoms with Crippen LogP contribution in [0, 0.1) is 0 Å². The van der Waals surface area contributed by atoms with Crippen molar-refractivity contribution in [2.24, 2.45) is 0 Å². The molecule has 1 aromatic heterocycles. The third-order valence-electron chi connectivity index (χ3n) is 3.54. The van der Waals surface area contributed by atoms with Crippen molar-refractivity contribution in [2.45, 2.75) is 12.6 Å². The number of nitrogens with one attached hydrogen (secondary N) is 1. The summed E-state index contributed by atoms with van der Waals surface area (Å²) in [4.78, 5) is 0. The molecule has 1 heterocycles. The summed E-state index contributed by atoms with van der Waals surface area (Å²) in [5.74, 6) is 1.72. The fraction of sp³-hybridized carbons (Fsp3) is 0.158. The van der Waals surface area contributed by atoms with E-state index >= 15 is 0 Å². The van der Waals surface area contributed by atoms with E-state index in [0.29, 0.717) is 13.1 Å². The van der Waals surface area contributed by atoms with Crippen molar-refractivity contribution in [2.75, 3.05) is 6.54 Å². The highest BCUT2D eigenvalue weighted by molar-refractivity contribution is 5.57. The molecule has 0 aliphatic carbocycles. The minimum absolute atomic E-state index is 0.491. The summed E-state index contributed by atoms with van der Waals surface area (Å²) in [7, 11) is 0. The molecule has 22 heavy (non-hydrogen) atoms. The maximum Gasteiger partial charge on any atom is 0.134 e. The maximum atomic E-state index is 10.1. The standard InChI is InChI=1S/C19H19NO2/c21-18(15-7-3-1-4-8-15)14-20-13-17-11-12-19(22-17)16-9-5-2-6-10-16/h1-12,18,20-21H,13-14H2/t18-/m0/s1. The minimum Gasteiger partial charge on any atom is -0.460 e. The lowest BCUT2D eigenvalue weighted by Crippen LogP contribution is -2.20. The topological polar surface area (TPSA) is 45.4 Å². The first kappa shape index (κ1) is 14.6. The fourth-order valence-electron chi connectivity index (χ4n) is 2.36. The average Bonchev–Trinajstić information content (AvgIpc) is 3.05. The van der Waals surface area contributed by atoms with Gasteiger partial charge in [0.05, 0.1) is 12.6 Å². The summed E-state index contributed by atoms with van der Waals surface area (Å²) in [5.41, 5.74) is 1.98. The van der Waals surface area contributed by atoms with Crippen LogP contribution < -0.4 is 5.32 Å². The molecule has 0 saturated heterocycles. The van der Waals surface area contributed by atoms with Gasteiger partial charge in [0.1, 0.15) is 11.5 Å². The molecule has 1 atom stereocenters. The van der Waals surface area contributed by atoms with Crippen LogP contribution in [0.3, 0.4) is 0 Å². The van der Waals surface area contributed by atoms with Crippen LogP contribution in [-0.4, -0.2) is 11.7 Å². The maximum absolute atomic E-state index is 10.1. The summed E-state index contributed by atoms with van der Waals surface area (Å²) in [6.45, 7) is 1.09. The van der Waals surface area contributed by atoms with E-state index in [2.05, 4.69) is 5.32 Å². The highest BCUT2D eigenvalue weighted by atomic mass is 16.3. The van der Waals surface area contributed by atoms with Crippen LogP contribution in [0.5, 0.6) is 0 Å². The van der Waals surface area contributed by atoms with Gasteiger partial charge >= 0.3 is 0 Å². The molecule has 0 aliphatic rings. The van der Waals surface area contributed by atoms with Crippen LogP contribution in [0.2, 0.25) is 0 Å². The predicted octanol–water partition coefficient (Wildman–Crippen LogP) is 3.77. The zero-order valence-corrected chi connectivity index (χ0v) is 12.3.